The van der Waals surface area contributed by atoms with Crippen LogP contribution in [0.4, 0.5) is 0 Å². The zero-order valence-electron chi connectivity index (χ0n) is 27.8. The smallest absolute Gasteiger partial charge is 0.0885 e. The highest BCUT2D eigenvalue weighted by atomic mass is 15.0. The molecule has 0 N–H and O–H groups in total. The van der Waals surface area contributed by atoms with Gasteiger partial charge in [0.1, 0.15) is 0 Å². The number of nitrogens with zero attached hydrogens (tertiary/aromatic N) is 4. The van der Waals surface area contributed by atoms with E-state index in [4.69, 9.17) is 4.98 Å². The van der Waals surface area contributed by atoms with Crippen LogP contribution in [-0.4, -0.2) is 19.1 Å². The van der Waals surface area contributed by atoms with Gasteiger partial charge >= 0.3 is 0 Å². The molecule has 0 radical (unpaired) electrons. The number of fused-ring (bicyclic) bond motifs is 6. The van der Waals surface area contributed by atoms with Crippen LogP contribution in [0.1, 0.15) is 23.2 Å². The first kappa shape index (κ1) is 29.2. The van der Waals surface area contributed by atoms with E-state index in [1.165, 1.54) is 54.7 Å². The predicted octanol–water partition coefficient (Wildman–Crippen LogP) is 11.6. The lowest BCUT2D eigenvalue weighted by atomic mass is 9.99. The average Bonchev–Trinajstić information content (AvgIpc) is 3.61. The molecule has 3 heterocycles. The number of para-hydroxylation sites is 4. The topological polar surface area (TPSA) is 35.6 Å². The summed E-state index contributed by atoms with van der Waals surface area (Å²) in [6, 6.07) is 52.5. The Hall–Kier alpha value is -6.78. The predicted molar refractivity (Wildman–Crippen MR) is 212 cm³/mol. The van der Waals surface area contributed by atoms with Crippen LogP contribution in [0, 0.1) is 0 Å². The summed E-state index contributed by atoms with van der Waals surface area (Å²) in [5, 5.41) is 5.06. The van der Waals surface area contributed by atoms with Gasteiger partial charge in [0.05, 0.1) is 34.0 Å². The lowest BCUT2D eigenvalue weighted by Gasteiger charge is -2.11. The van der Waals surface area contributed by atoms with Gasteiger partial charge in [-0.25, -0.2) is 0 Å². The van der Waals surface area contributed by atoms with Gasteiger partial charge < -0.3 is 9.13 Å². The van der Waals surface area contributed by atoms with Gasteiger partial charge in [0.25, 0.3) is 0 Å². The number of rotatable bonds is 5. The molecular formula is C47H32N4. The summed E-state index contributed by atoms with van der Waals surface area (Å²) in [6.45, 7) is 0. The Labute approximate surface area is 295 Å². The van der Waals surface area contributed by atoms with Gasteiger partial charge in [-0.15, -0.1) is 0 Å². The second-order valence-corrected chi connectivity index (χ2v) is 13.1. The van der Waals surface area contributed by atoms with Crippen molar-refractivity contribution < 1.29 is 0 Å². The average molecular weight is 653 g/mol. The van der Waals surface area contributed by atoms with Crippen molar-refractivity contribution in [2.75, 3.05) is 0 Å². The number of allylic oxidation sites excluding steroid dienone is 6. The molecule has 0 saturated carbocycles. The Morgan fingerprint density at radius 2 is 0.902 bits per heavy atom. The molecule has 0 bridgehead atoms. The van der Waals surface area contributed by atoms with Gasteiger partial charge in [-0.3, -0.25) is 9.97 Å². The standard InChI is InChI=1S/C47H32N4/c1-5-13-44-39(9-1)40-10-2-6-14-45(40)50(44)37-23-19-32(20-24-37)34-17-18-35(30-36(29-34)43-31-48-27-28-49-43)33-21-25-38(26-22-33)51-46-15-7-3-11-41(46)42-12-4-8-16-47(42)51/h1-17,19-31H,18H2. The fourth-order valence-electron chi connectivity index (χ4n) is 7.76. The highest BCUT2D eigenvalue weighted by Crippen LogP contribution is 2.36. The fraction of sp³-hybridized carbons (Fsp3) is 0.0213. The van der Waals surface area contributed by atoms with E-state index < -0.39 is 0 Å². The first-order valence-corrected chi connectivity index (χ1v) is 17.4. The largest absolute Gasteiger partial charge is 0.309 e. The van der Waals surface area contributed by atoms with E-state index in [2.05, 4.69) is 178 Å². The molecule has 0 aliphatic heterocycles. The molecule has 240 valence electrons. The molecule has 9 aromatic rings. The van der Waals surface area contributed by atoms with E-state index in [1.807, 2.05) is 6.20 Å². The van der Waals surface area contributed by atoms with Gasteiger partial charge in [-0.1, -0.05) is 103 Å². The zero-order chi connectivity index (χ0) is 33.7. The molecule has 4 nitrogen and oxygen atoms in total. The fourth-order valence-corrected chi connectivity index (χ4v) is 7.76. The van der Waals surface area contributed by atoms with Crippen LogP contribution < -0.4 is 0 Å². The summed E-state index contributed by atoms with van der Waals surface area (Å²) < 4.78 is 4.72. The molecule has 51 heavy (non-hydrogen) atoms. The zero-order valence-corrected chi connectivity index (χ0v) is 27.8. The van der Waals surface area contributed by atoms with Crippen LogP contribution in [0.3, 0.4) is 0 Å². The first-order chi connectivity index (χ1) is 25.3. The van der Waals surface area contributed by atoms with Crippen molar-refractivity contribution in [3.05, 3.63) is 199 Å². The van der Waals surface area contributed by atoms with Crippen LogP contribution in [-0.2, 0) is 0 Å². The Morgan fingerprint density at radius 1 is 0.431 bits per heavy atom. The van der Waals surface area contributed by atoms with Crippen molar-refractivity contribution in [3.63, 3.8) is 0 Å². The monoisotopic (exact) mass is 652 g/mol. The van der Waals surface area contributed by atoms with Gasteiger partial charge in [0.15, 0.2) is 0 Å². The molecule has 0 atom stereocenters. The van der Waals surface area contributed by atoms with E-state index in [9.17, 15) is 0 Å². The normalized spacial score (nSPS) is 13.4. The number of benzene rings is 6. The van der Waals surface area contributed by atoms with Crippen molar-refractivity contribution >= 4 is 60.3 Å². The number of aromatic nitrogens is 4. The molecule has 1 aliphatic carbocycles. The van der Waals surface area contributed by atoms with Crippen LogP contribution in [0.2, 0.25) is 0 Å². The molecule has 0 unspecified atom stereocenters. The summed E-state index contributed by atoms with van der Waals surface area (Å²) in [5.41, 5.74) is 13.8. The third kappa shape index (κ3) is 4.92. The summed E-state index contributed by atoms with van der Waals surface area (Å²) in [5.74, 6) is 0. The molecule has 6 aromatic carbocycles. The van der Waals surface area contributed by atoms with E-state index in [1.54, 1.807) is 12.4 Å². The lowest BCUT2D eigenvalue weighted by Crippen LogP contribution is -1.94. The molecule has 0 fully saturated rings. The van der Waals surface area contributed by atoms with Crippen LogP contribution in [0.25, 0.3) is 71.7 Å². The second-order valence-electron chi connectivity index (χ2n) is 13.1. The molecule has 4 heteroatoms. The van der Waals surface area contributed by atoms with E-state index in [-0.39, 0.29) is 0 Å². The highest BCUT2D eigenvalue weighted by Gasteiger charge is 2.16. The molecule has 0 spiro atoms. The van der Waals surface area contributed by atoms with Crippen molar-refractivity contribution in [3.8, 4) is 11.4 Å². The van der Waals surface area contributed by atoms with E-state index >= 15 is 0 Å². The summed E-state index contributed by atoms with van der Waals surface area (Å²) in [6.07, 6.45) is 13.0. The van der Waals surface area contributed by atoms with Crippen molar-refractivity contribution in [2.45, 2.75) is 6.42 Å². The van der Waals surface area contributed by atoms with Crippen molar-refractivity contribution in [1.29, 1.82) is 0 Å². The first-order valence-electron chi connectivity index (χ1n) is 17.4. The van der Waals surface area contributed by atoms with E-state index in [0.717, 1.165) is 40.2 Å². The summed E-state index contributed by atoms with van der Waals surface area (Å²) >= 11 is 0. The Bertz CT molecular complexity index is 2740. The molecule has 10 rings (SSSR count). The van der Waals surface area contributed by atoms with Crippen LogP contribution in [0.5, 0.6) is 0 Å². The maximum Gasteiger partial charge on any atom is 0.0885 e. The molecule has 3 aromatic heterocycles. The SMILES string of the molecule is C1=C(c2ccc(-n3c4ccccc4c4ccccc43)cc2)C=C(c2cnccn2)C=C(c2ccc(-n3c4ccccc4c4ccccc43)cc2)C1. The Kier molecular flexibility index (Phi) is 6.85. The molecule has 1 aliphatic rings. The molecule has 0 saturated heterocycles. The third-order valence-electron chi connectivity index (χ3n) is 10.2. The van der Waals surface area contributed by atoms with E-state index in [0.29, 0.717) is 0 Å². The minimum atomic E-state index is 0.791. The van der Waals surface area contributed by atoms with Gasteiger partial charge in [-0.2, -0.15) is 0 Å². The van der Waals surface area contributed by atoms with Crippen molar-refractivity contribution in [1.82, 2.24) is 19.1 Å². The minimum Gasteiger partial charge on any atom is -0.309 e. The van der Waals surface area contributed by atoms with Gasteiger partial charge in [0, 0.05) is 50.9 Å². The highest BCUT2D eigenvalue weighted by molar-refractivity contribution is 6.10. The van der Waals surface area contributed by atoms with Crippen LogP contribution >= 0.6 is 0 Å². The Balaban J connectivity index is 1.02. The lowest BCUT2D eigenvalue weighted by molar-refractivity contribution is 1.17. The maximum absolute atomic E-state index is 4.70. The van der Waals surface area contributed by atoms with Gasteiger partial charge in [-0.05, 0) is 89.4 Å². The molecular weight excluding hydrogens is 621 g/mol. The van der Waals surface area contributed by atoms with Crippen LogP contribution in [0.15, 0.2) is 182 Å². The second kappa shape index (κ2) is 12.0. The third-order valence-corrected chi connectivity index (χ3v) is 10.2. The quantitative estimate of drug-likeness (QED) is 0.185. The summed E-state index contributed by atoms with van der Waals surface area (Å²) in [4.78, 5) is 9.11. The Morgan fingerprint density at radius 3 is 1.37 bits per heavy atom. The maximum atomic E-state index is 4.70. The number of hydrogen-bond acceptors (Lipinski definition) is 2. The van der Waals surface area contributed by atoms with Gasteiger partial charge in [0.2, 0.25) is 0 Å². The number of hydrogen-bond donors (Lipinski definition) is 0. The molecule has 0 amide bonds. The summed E-state index contributed by atoms with van der Waals surface area (Å²) in [7, 11) is 0. The van der Waals surface area contributed by atoms with Crippen molar-refractivity contribution in [2.24, 2.45) is 0 Å². The minimum absolute atomic E-state index is 0.791.